The van der Waals surface area contributed by atoms with Crippen molar-refractivity contribution in [2.75, 3.05) is 0 Å². The molecule has 1 unspecified atom stereocenters. The van der Waals surface area contributed by atoms with Crippen LogP contribution in [0, 0.1) is 6.92 Å². The molecule has 2 heterocycles. The second kappa shape index (κ2) is 4.27. The number of aryl methyl sites for hydroxylation is 1. The predicted molar refractivity (Wildman–Crippen MR) is 71.3 cm³/mol. The Balaban J connectivity index is 2.08. The Hall–Kier alpha value is -2.13. The van der Waals surface area contributed by atoms with E-state index in [1.807, 2.05) is 49.5 Å². The molecule has 2 N–H and O–H groups in total. The molecular weight excluding hydrogens is 224 g/mol. The maximum atomic E-state index is 10.4. The number of nitrogens with one attached hydrogen (secondary N) is 1. The summed E-state index contributed by atoms with van der Waals surface area (Å²) in [6.45, 7) is 1.93. The summed E-state index contributed by atoms with van der Waals surface area (Å²) in [6, 6.07) is 11.7. The van der Waals surface area contributed by atoms with E-state index in [2.05, 4.69) is 9.97 Å². The predicted octanol–water partition coefficient (Wildman–Crippen LogP) is 2.95. The highest BCUT2D eigenvalue weighted by molar-refractivity contribution is 5.83. The van der Waals surface area contributed by atoms with Crippen LogP contribution in [-0.2, 0) is 0 Å². The highest BCUT2D eigenvalue weighted by Gasteiger charge is 2.13. The number of pyridine rings is 1. The maximum Gasteiger partial charge on any atom is 0.106 e. The quantitative estimate of drug-likeness (QED) is 0.721. The zero-order valence-electron chi connectivity index (χ0n) is 10.1. The third kappa shape index (κ3) is 1.79. The minimum atomic E-state index is -0.641. The second-order valence-corrected chi connectivity index (χ2v) is 4.42. The Morgan fingerprint density at radius 2 is 2.06 bits per heavy atom. The Morgan fingerprint density at radius 1 is 1.17 bits per heavy atom. The number of rotatable bonds is 2. The lowest BCUT2D eigenvalue weighted by Crippen LogP contribution is -2.01. The topological polar surface area (TPSA) is 48.9 Å². The Bertz CT molecular complexity index is 670. The lowest BCUT2D eigenvalue weighted by Gasteiger charge is -2.12. The van der Waals surface area contributed by atoms with E-state index in [0.29, 0.717) is 0 Å². The van der Waals surface area contributed by atoms with Gasteiger partial charge in [-0.3, -0.25) is 4.98 Å². The number of benzene rings is 1. The van der Waals surface area contributed by atoms with Crippen molar-refractivity contribution in [1.82, 2.24) is 9.97 Å². The molecule has 1 atom stereocenters. The van der Waals surface area contributed by atoms with Crippen LogP contribution in [-0.4, -0.2) is 15.1 Å². The van der Waals surface area contributed by atoms with Crippen LogP contribution in [0.2, 0.25) is 0 Å². The molecule has 0 spiro atoms. The van der Waals surface area contributed by atoms with Gasteiger partial charge in [0.1, 0.15) is 6.10 Å². The Morgan fingerprint density at radius 3 is 2.83 bits per heavy atom. The molecule has 0 radical (unpaired) electrons. The van der Waals surface area contributed by atoms with Crippen LogP contribution in [0.4, 0.5) is 0 Å². The molecule has 0 saturated heterocycles. The number of hydrogen-bond acceptors (Lipinski definition) is 2. The minimum absolute atomic E-state index is 0.641. The summed E-state index contributed by atoms with van der Waals surface area (Å²) < 4.78 is 0. The summed E-state index contributed by atoms with van der Waals surface area (Å²) in [4.78, 5) is 7.37. The second-order valence-electron chi connectivity index (χ2n) is 4.42. The van der Waals surface area contributed by atoms with Crippen LogP contribution in [0.5, 0.6) is 0 Å². The first-order chi connectivity index (χ1) is 8.75. The van der Waals surface area contributed by atoms with Crippen LogP contribution in [0.15, 0.2) is 48.8 Å². The number of nitrogens with zero attached hydrogens (tertiary/aromatic N) is 1. The van der Waals surface area contributed by atoms with Crippen molar-refractivity contribution in [1.29, 1.82) is 0 Å². The van der Waals surface area contributed by atoms with Gasteiger partial charge in [0.25, 0.3) is 0 Å². The van der Waals surface area contributed by atoms with Crippen molar-refractivity contribution >= 4 is 10.9 Å². The lowest BCUT2D eigenvalue weighted by molar-refractivity contribution is 0.221. The first-order valence-corrected chi connectivity index (χ1v) is 5.92. The summed E-state index contributed by atoms with van der Waals surface area (Å²) in [6.07, 6.45) is 2.97. The number of aliphatic hydroxyl groups is 1. The minimum Gasteiger partial charge on any atom is -0.384 e. The van der Waals surface area contributed by atoms with Crippen molar-refractivity contribution in [3.63, 3.8) is 0 Å². The maximum absolute atomic E-state index is 10.4. The lowest BCUT2D eigenvalue weighted by atomic mass is 9.99. The fraction of sp³-hybridized carbons (Fsp3) is 0.133. The molecule has 0 aliphatic heterocycles. The monoisotopic (exact) mass is 238 g/mol. The van der Waals surface area contributed by atoms with Gasteiger partial charge >= 0.3 is 0 Å². The van der Waals surface area contributed by atoms with Gasteiger partial charge in [-0.05, 0) is 30.7 Å². The van der Waals surface area contributed by atoms with E-state index in [1.165, 1.54) is 0 Å². The van der Waals surface area contributed by atoms with Gasteiger partial charge in [0, 0.05) is 34.6 Å². The van der Waals surface area contributed by atoms with Gasteiger partial charge in [-0.2, -0.15) is 0 Å². The Kier molecular flexibility index (Phi) is 2.61. The van der Waals surface area contributed by atoms with Crippen LogP contribution in [0.25, 0.3) is 10.9 Å². The molecule has 3 heteroatoms. The van der Waals surface area contributed by atoms with E-state index in [4.69, 9.17) is 0 Å². The van der Waals surface area contributed by atoms with E-state index < -0.39 is 6.10 Å². The van der Waals surface area contributed by atoms with E-state index in [9.17, 15) is 5.11 Å². The van der Waals surface area contributed by atoms with Crippen LogP contribution in [0.3, 0.4) is 0 Å². The van der Waals surface area contributed by atoms with E-state index in [-0.39, 0.29) is 0 Å². The summed E-state index contributed by atoms with van der Waals surface area (Å²) in [7, 11) is 0. The molecule has 3 aromatic rings. The molecule has 0 saturated carbocycles. The molecule has 2 aromatic heterocycles. The number of aromatic nitrogens is 2. The van der Waals surface area contributed by atoms with E-state index in [0.717, 1.165) is 27.7 Å². The van der Waals surface area contributed by atoms with Crippen molar-refractivity contribution in [3.05, 3.63) is 65.6 Å². The summed E-state index contributed by atoms with van der Waals surface area (Å²) in [5.74, 6) is 0. The Labute approximate surface area is 105 Å². The smallest absolute Gasteiger partial charge is 0.106 e. The number of hydrogen-bond donors (Lipinski definition) is 2. The zero-order valence-corrected chi connectivity index (χ0v) is 10.1. The molecule has 1 aromatic carbocycles. The molecule has 3 rings (SSSR count). The summed E-state index contributed by atoms with van der Waals surface area (Å²) in [5, 5.41) is 11.5. The van der Waals surface area contributed by atoms with Crippen molar-refractivity contribution < 1.29 is 5.11 Å². The summed E-state index contributed by atoms with van der Waals surface area (Å²) in [5.41, 5.74) is 3.70. The number of H-pyrrole nitrogens is 1. The third-order valence-corrected chi connectivity index (χ3v) is 3.17. The summed E-state index contributed by atoms with van der Waals surface area (Å²) >= 11 is 0. The molecule has 0 aliphatic rings. The standard InChI is InChI=1S/C15H14N2O/c1-10-5-6-11(9-17-10)15(18)13-3-2-4-14-12(13)7-8-16-14/h2-9,15-16,18H,1H3. The molecule has 0 fully saturated rings. The SMILES string of the molecule is Cc1ccc(C(O)c2cccc3[nH]ccc23)cn1. The molecule has 18 heavy (non-hydrogen) atoms. The van der Waals surface area contributed by atoms with Crippen LogP contribution >= 0.6 is 0 Å². The molecule has 90 valence electrons. The zero-order chi connectivity index (χ0) is 12.5. The molecular formula is C15H14N2O. The molecule has 0 bridgehead atoms. The first-order valence-electron chi connectivity index (χ1n) is 5.92. The molecule has 0 amide bonds. The van der Waals surface area contributed by atoms with Gasteiger partial charge in [-0.15, -0.1) is 0 Å². The number of aliphatic hydroxyl groups excluding tert-OH is 1. The van der Waals surface area contributed by atoms with Gasteiger partial charge in [0.05, 0.1) is 0 Å². The highest BCUT2D eigenvalue weighted by atomic mass is 16.3. The molecule has 0 aliphatic carbocycles. The van der Waals surface area contributed by atoms with E-state index in [1.54, 1.807) is 6.20 Å². The third-order valence-electron chi connectivity index (χ3n) is 3.17. The largest absolute Gasteiger partial charge is 0.384 e. The van der Waals surface area contributed by atoms with E-state index >= 15 is 0 Å². The van der Waals surface area contributed by atoms with Crippen molar-refractivity contribution in [3.8, 4) is 0 Å². The average molecular weight is 238 g/mol. The van der Waals surface area contributed by atoms with Gasteiger partial charge in [0.2, 0.25) is 0 Å². The van der Waals surface area contributed by atoms with Crippen LogP contribution in [0.1, 0.15) is 22.9 Å². The number of aromatic amines is 1. The van der Waals surface area contributed by atoms with Crippen LogP contribution < -0.4 is 0 Å². The first kappa shape index (κ1) is 11.0. The number of fused-ring (bicyclic) bond motifs is 1. The average Bonchev–Trinajstić information content (AvgIpc) is 2.87. The van der Waals surface area contributed by atoms with Gasteiger partial charge in [0.15, 0.2) is 0 Å². The van der Waals surface area contributed by atoms with Gasteiger partial charge < -0.3 is 10.1 Å². The van der Waals surface area contributed by atoms with Gasteiger partial charge in [-0.25, -0.2) is 0 Å². The highest BCUT2D eigenvalue weighted by Crippen LogP contribution is 2.28. The molecule has 3 nitrogen and oxygen atoms in total. The van der Waals surface area contributed by atoms with Crippen molar-refractivity contribution in [2.24, 2.45) is 0 Å². The van der Waals surface area contributed by atoms with Crippen molar-refractivity contribution in [2.45, 2.75) is 13.0 Å². The fourth-order valence-electron chi connectivity index (χ4n) is 2.17. The fourth-order valence-corrected chi connectivity index (χ4v) is 2.17. The van der Waals surface area contributed by atoms with Gasteiger partial charge in [-0.1, -0.05) is 18.2 Å². The normalized spacial score (nSPS) is 12.8.